The van der Waals surface area contributed by atoms with Gasteiger partial charge in [-0.25, -0.2) is 0 Å². The van der Waals surface area contributed by atoms with Crippen molar-refractivity contribution in [3.8, 4) is 17.6 Å². The maximum atomic E-state index is 11.6. The van der Waals surface area contributed by atoms with Crippen LogP contribution in [0, 0.1) is 11.3 Å². The molecule has 3 N–H and O–H groups in total. The van der Waals surface area contributed by atoms with Gasteiger partial charge in [0.2, 0.25) is 0 Å². The summed E-state index contributed by atoms with van der Waals surface area (Å²) in [6.45, 7) is 0. The zero-order valence-corrected chi connectivity index (χ0v) is 10.9. The Bertz CT molecular complexity index is 673. The van der Waals surface area contributed by atoms with Crippen LogP contribution < -0.4 is 15.8 Å². The summed E-state index contributed by atoms with van der Waals surface area (Å²) in [6.07, 6.45) is 0. The van der Waals surface area contributed by atoms with Crippen molar-refractivity contribution in [3.05, 3.63) is 53.6 Å². The molecule has 100 valence electrons. The van der Waals surface area contributed by atoms with E-state index in [-0.39, 0.29) is 5.91 Å². The minimum Gasteiger partial charge on any atom is -0.455 e. The molecule has 0 heterocycles. The lowest BCUT2D eigenvalue weighted by Gasteiger charge is -2.10. The number of nitrogens with zero attached hydrogens (tertiary/aromatic N) is 1. The lowest BCUT2D eigenvalue weighted by molar-refractivity contribution is 0.0963. The topological polar surface area (TPSA) is 88.1 Å². The van der Waals surface area contributed by atoms with Crippen LogP contribution in [0.3, 0.4) is 0 Å². The fraction of sp³-hybridized carbons (Fsp3) is 0.0667. The zero-order valence-electron chi connectivity index (χ0n) is 10.9. The molecule has 0 atom stereocenters. The van der Waals surface area contributed by atoms with Crippen LogP contribution in [0.25, 0.3) is 0 Å². The zero-order chi connectivity index (χ0) is 14.5. The number of nitrogens with one attached hydrogen (secondary N) is 1. The Morgan fingerprint density at radius 3 is 2.55 bits per heavy atom. The molecule has 2 aromatic carbocycles. The lowest BCUT2D eigenvalue weighted by Crippen LogP contribution is -2.17. The van der Waals surface area contributed by atoms with Crippen LogP contribution >= 0.6 is 0 Å². The van der Waals surface area contributed by atoms with Crippen LogP contribution in [0.5, 0.6) is 11.5 Å². The van der Waals surface area contributed by atoms with E-state index in [0.29, 0.717) is 28.3 Å². The Morgan fingerprint density at radius 1 is 1.25 bits per heavy atom. The third kappa shape index (κ3) is 2.87. The average molecular weight is 267 g/mol. The standard InChI is InChI=1S/C15H13N3O2/c1-18-15(19)11-4-7-13(17)14(8-11)20-12-5-2-10(9-16)3-6-12/h2-8H,17H2,1H3,(H,18,19). The van der Waals surface area contributed by atoms with E-state index < -0.39 is 0 Å². The molecular formula is C15H13N3O2. The van der Waals surface area contributed by atoms with Gasteiger partial charge in [-0.3, -0.25) is 4.79 Å². The molecule has 5 nitrogen and oxygen atoms in total. The number of hydrogen-bond acceptors (Lipinski definition) is 4. The maximum Gasteiger partial charge on any atom is 0.251 e. The first-order valence-electron chi connectivity index (χ1n) is 5.93. The summed E-state index contributed by atoms with van der Waals surface area (Å²) < 4.78 is 5.63. The van der Waals surface area contributed by atoms with Crippen LogP contribution in [0.15, 0.2) is 42.5 Å². The first-order valence-corrected chi connectivity index (χ1v) is 5.93. The third-order valence-corrected chi connectivity index (χ3v) is 2.71. The lowest BCUT2D eigenvalue weighted by atomic mass is 10.1. The van der Waals surface area contributed by atoms with Crippen LogP contribution in [-0.4, -0.2) is 13.0 Å². The molecule has 0 aliphatic heterocycles. The summed E-state index contributed by atoms with van der Waals surface area (Å²) >= 11 is 0. The Labute approximate surface area is 116 Å². The molecule has 0 aliphatic carbocycles. The molecule has 2 rings (SSSR count). The molecule has 0 saturated heterocycles. The number of rotatable bonds is 3. The predicted octanol–water partition coefficient (Wildman–Crippen LogP) is 2.29. The molecule has 0 aliphatic rings. The van der Waals surface area contributed by atoms with Crippen molar-refractivity contribution in [1.82, 2.24) is 5.32 Å². The van der Waals surface area contributed by atoms with Gasteiger partial charge < -0.3 is 15.8 Å². The van der Waals surface area contributed by atoms with Gasteiger partial charge in [0.05, 0.1) is 17.3 Å². The Morgan fingerprint density at radius 2 is 1.95 bits per heavy atom. The van der Waals surface area contributed by atoms with E-state index in [9.17, 15) is 4.79 Å². The third-order valence-electron chi connectivity index (χ3n) is 2.71. The van der Waals surface area contributed by atoms with E-state index in [1.807, 2.05) is 6.07 Å². The highest BCUT2D eigenvalue weighted by Crippen LogP contribution is 2.28. The highest BCUT2D eigenvalue weighted by atomic mass is 16.5. The minimum atomic E-state index is -0.213. The Balaban J connectivity index is 2.27. The number of nitrogen functional groups attached to an aromatic ring is 1. The second-order valence-corrected chi connectivity index (χ2v) is 4.07. The minimum absolute atomic E-state index is 0.213. The molecule has 2 aromatic rings. The normalized spacial score (nSPS) is 9.60. The maximum absolute atomic E-state index is 11.6. The number of ether oxygens (including phenoxy) is 1. The fourth-order valence-corrected chi connectivity index (χ4v) is 1.63. The van der Waals surface area contributed by atoms with Gasteiger partial charge in [-0.1, -0.05) is 0 Å². The number of nitrogens with two attached hydrogens (primary N) is 1. The molecule has 1 amide bonds. The smallest absolute Gasteiger partial charge is 0.251 e. The van der Waals surface area contributed by atoms with Crippen molar-refractivity contribution in [2.75, 3.05) is 12.8 Å². The van der Waals surface area contributed by atoms with E-state index in [1.54, 1.807) is 49.5 Å². The largest absolute Gasteiger partial charge is 0.455 e. The van der Waals surface area contributed by atoms with Gasteiger partial charge in [-0.15, -0.1) is 0 Å². The number of carbonyl (C=O) groups is 1. The summed E-state index contributed by atoms with van der Waals surface area (Å²) in [5.74, 6) is 0.732. The van der Waals surface area contributed by atoms with Gasteiger partial charge in [0, 0.05) is 12.6 Å². The number of hydrogen-bond donors (Lipinski definition) is 2. The first kappa shape index (κ1) is 13.4. The summed E-state index contributed by atoms with van der Waals surface area (Å²) in [4.78, 5) is 11.6. The van der Waals surface area contributed by atoms with E-state index in [0.717, 1.165) is 0 Å². The number of anilines is 1. The monoisotopic (exact) mass is 267 g/mol. The molecule has 0 radical (unpaired) electrons. The fourth-order valence-electron chi connectivity index (χ4n) is 1.63. The molecular weight excluding hydrogens is 254 g/mol. The second kappa shape index (κ2) is 5.76. The van der Waals surface area contributed by atoms with Gasteiger partial charge in [0.1, 0.15) is 5.75 Å². The van der Waals surface area contributed by atoms with E-state index in [2.05, 4.69) is 5.32 Å². The van der Waals surface area contributed by atoms with E-state index >= 15 is 0 Å². The number of carbonyl (C=O) groups excluding carboxylic acids is 1. The molecule has 0 spiro atoms. The van der Waals surface area contributed by atoms with Crippen molar-refractivity contribution < 1.29 is 9.53 Å². The summed E-state index contributed by atoms with van der Waals surface area (Å²) in [5.41, 5.74) is 7.27. The highest BCUT2D eigenvalue weighted by molar-refractivity contribution is 5.95. The molecule has 0 aromatic heterocycles. The van der Waals surface area contributed by atoms with Crippen molar-refractivity contribution in [3.63, 3.8) is 0 Å². The van der Waals surface area contributed by atoms with Gasteiger partial charge in [-0.2, -0.15) is 5.26 Å². The van der Waals surface area contributed by atoms with Gasteiger partial charge in [0.15, 0.2) is 5.75 Å². The Kier molecular flexibility index (Phi) is 3.87. The number of nitriles is 1. The van der Waals surface area contributed by atoms with Crippen LogP contribution in [0.1, 0.15) is 15.9 Å². The first-order chi connectivity index (χ1) is 9.63. The highest BCUT2D eigenvalue weighted by Gasteiger charge is 2.08. The van der Waals surface area contributed by atoms with Gasteiger partial charge in [0.25, 0.3) is 5.91 Å². The predicted molar refractivity (Wildman–Crippen MR) is 75.5 cm³/mol. The van der Waals surface area contributed by atoms with Gasteiger partial charge >= 0.3 is 0 Å². The average Bonchev–Trinajstić information content (AvgIpc) is 2.49. The molecule has 0 fully saturated rings. The molecule has 5 heteroatoms. The number of amides is 1. The van der Waals surface area contributed by atoms with Crippen molar-refractivity contribution in [1.29, 1.82) is 5.26 Å². The summed E-state index contributed by atoms with van der Waals surface area (Å²) in [5, 5.41) is 11.3. The number of benzene rings is 2. The quantitative estimate of drug-likeness (QED) is 0.835. The van der Waals surface area contributed by atoms with Crippen molar-refractivity contribution in [2.24, 2.45) is 0 Å². The van der Waals surface area contributed by atoms with Crippen LogP contribution in [-0.2, 0) is 0 Å². The van der Waals surface area contributed by atoms with Crippen LogP contribution in [0.4, 0.5) is 5.69 Å². The summed E-state index contributed by atoms with van der Waals surface area (Å²) in [7, 11) is 1.56. The second-order valence-electron chi connectivity index (χ2n) is 4.07. The van der Waals surface area contributed by atoms with Gasteiger partial charge in [-0.05, 0) is 42.5 Å². The Hall–Kier alpha value is -3.00. The van der Waals surface area contributed by atoms with Crippen molar-refractivity contribution >= 4 is 11.6 Å². The molecule has 0 unspecified atom stereocenters. The molecule has 0 saturated carbocycles. The summed E-state index contributed by atoms with van der Waals surface area (Å²) in [6, 6.07) is 13.5. The van der Waals surface area contributed by atoms with E-state index in [4.69, 9.17) is 15.7 Å². The van der Waals surface area contributed by atoms with E-state index in [1.165, 1.54) is 0 Å². The SMILES string of the molecule is CNC(=O)c1ccc(N)c(Oc2ccc(C#N)cc2)c1. The molecule has 0 bridgehead atoms. The molecule has 20 heavy (non-hydrogen) atoms. The van der Waals surface area contributed by atoms with Crippen LogP contribution in [0.2, 0.25) is 0 Å². The van der Waals surface area contributed by atoms with Crippen molar-refractivity contribution in [2.45, 2.75) is 0 Å².